The van der Waals surface area contributed by atoms with E-state index in [9.17, 15) is 22.4 Å². The molecular formula is C20H26Cl2F4N6O. The van der Waals surface area contributed by atoms with Gasteiger partial charge in [-0.1, -0.05) is 0 Å². The van der Waals surface area contributed by atoms with E-state index >= 15 is 0 Å². The zero-order valence-corrected chi connectivity index (χ0v) is 19.2. The Morgan fingerprint density at radius 2 is 1.88 bits per heavy atom. The quantitative estimate of drug-likeness (QED) is 0.609. The van der Waals surface area contributed by atoms with Gasteiger partial charge >= 0.3 is 6.03 Å². The van der Waals surface area contributed by atoms with Crippen molar-refractivity contribution in [2.24, 2.45) is 23.5 Å². The van der Waals surface area contributed by atoms with Gasteiger partial charge in [0.05, 0.1) is 36.0 Å². The van der Waals surface area contributed by atoms with E-state index in [0.717, 1.165) is 0 Å². The van der Waals surface area contributed by atoms with Crippen molar-refractivity contribution >= 4 is 36.5 Å². The topological polar surface area (TPSA) is 88.5 Å². The van der Waals surface area contributed by atoms with E-state index in [2.05, 4.69) is 15.4 Å². The number of hydrogen-bond acceptors (Lipinski definition) is 4. The number of nitrogens with zero attached hydrogens (tertiary/aromatic N) is 4. The van der Waals surface area contributed by atoms with Crippen molar-refractivity contribution in [3.05, 3.63) is 29.7 Å². The minimum absolute atomic E-state index is 0. The summed E-state index contributed by atoms with van der Waals surface area (Å²) in [5, 5.41) is 6.85. The molecule has 3 atom stereocenters. The number of imidazole rings is 1. The van der Waals surface area contributed by atoms with Gasteiger partial charge in [-0.15, -0.1) is 24.8 Å². The molecule has 5 rings (SSSR count). The molecule has 2 aliphatic carbocycles. The lowest BCUT2D eigenvalue weighted by atomic mass is 9.81. The SMILES string of the molecule is Cl.Cl.N[C@H](c1cn2ncc(CN3C[C@@H]4[C@H](CNC3=O)C4(F)F)cc2n1)C1CCC(F)(F)CC1. The van der Waals surface area contributed by atoms with E-state index in [0.29, 0.717) is 29.7 Å². The molecule has 3 heterocycles. The molecule has 0 radical (unpaired) electrons. The van der Waals surface area contributed by atoms with Crippen molar-refractivity contribution in [2.75, 3.05) is 13.1 Å². The average molecular weight is 513 g/mol. The molecule has 0 bridgehead atoms. The molecule has 1 aliphatic heterocycles. The largest absolute Gasteiger partial charge is 0.337 e. The van der Waals surface area contributed by atoms with Crippen molar-refractivity contribution < 1.29 is 22.4 Å². The van der Waals surface area contributed by atoms with E-state index in [1.807, 2.05) is 0 Å². The number of aromatic nitrogens is 3. The Morgan fingerprint density at radius 3 is 2.58 bits per heavy atom. The van der Waals surface area contributed by atoms with Crippen LogP contribution < -0.4 is 11.1 Å². The van der Waals surface area contributed by atoms with Crippen molar-refractivity contribution in [3.8, 4) is 0 Å². The molecule has 0 unspecified atom stereocenters. The first-order valence-corrected chi connectivity index (χ1v) is 10.5. The minimum Gasteiger partial charge on any atom is -0.337 e. The molecule has 0 spiro atoms. The zero-order valence-electron chi connectivity index (χ0n) is 17.6. The molecule has 184 valence electrons. The van der Waals surface area contributed by atoms with Gasteiger partial charge in [0.15, 0.2) is 5.65 Å². The molecule has 3 N–H and O–H groups in total. The van der Waals surface area contributed by atoms with Gasteiger partial charge in [0.2, 0.25) is 5.92 Å². The van der Waals surface area contributed by atoms with Crippen LogP contribution in [-0.4, -0.2) is 50.5 Å². The fourth-order valence-corrected chi connectivity index (χ4v) is 4.82. The van der Waals surface area contributed by atoms with Gasteiger partial charge in [0.25, 0.3) is 5.92 Å². The maximum atomic E-state index is 13.7. The molecule has 1 saturated heterocycles. The number of hydrogen-bond donors (Lipinski definition) is 2. The Labute approximate surface area is 200 Å². The van der Waals surface area contributed by atoms with Gasteiger partial charge in [-0.2, -0.15) is 5.10 Å². The van der Waals surface area contributed by atoms with Crippen molar-refractivity contribution in [3.63, 3.8) is 0 Å². The highest BCUT2D eigenvalue weighted by atomic mass is 35.5. The lowest BCUT2D eigenvalue weighted by Gasteiger charge is -2.31. The number of halogens is 6. The zero-order chi connectivity index (χ0) is 22.0. The number of rotatable bonds is 4. The summed E-state index contributed by atoms with van der Waals surface area (Å²) in [5.41, 5.74) is 8.06. The van der Waals surface area contributed by atoms with Gasteiger partial charge < -0.3 is 16.0 Å². The predicted octanol–water partition coefficient (Wildman–Crippen LogP) is 3.80. The number of carbonyl (C=O) groups excluding carboxylic acids is 1. The first-order valence-electron chi connectivity index (χ1n) is 10.5. The normalized spacial score (nSPS) is 26.9. The third kappa shape index (κ3) is 4.85. The van der Waals surface area contributed by atoms with E-state index in [1.54, 1.807) is 23.0 Å². The molecule has 0 aromatic carbocycles. The van der Waals surface area contributed by atoms with Crippen molar-refractivity contribution in [2.45, 2.75) is 50.1 Å². The molecule has 2 aromatic heterocycles. The number of amides is 2. The van der Waals surface area contributed by atoms with Crippen LogP contribution in [0, 0.1) is 17.8 Å². The Hall–Kier alpha value is -1.85. The fourth-order valence-electron chi connectivity index (χ4n) is 4.82. The van der Waals surface area contributed by atoms with Crippen LogP contribution >= 0.6 is 24.8 Å². The standard InChI is InChI=1S/C20H24F4N6O.2ClH/c21-19(22)3-1-12(2-4-19)17(25)15-10-30-16(28-15)5-11(6-27-30)8-29-9-14-13(20(14,23)24)7-26-18(29)31;;/h5-6,10,12-14,17H,1-4,7-9,25H2,(H,26,31);2*1H/t13-,14+,17-;;/m0../s1. The van der Waals surface area contributed by atoms with E-state index in [4.69, 9.17) is 5.73 Å². The summed E-state index contributed by atoms with van der Waals surface area (Å²) in [4.78, 5) is 18.1. The maximum absolute atomic E-state index is 13.7. The molecule has 33 heavy (non-hydrogen) atoms. The van der Waals surface area contributed by atoms with Gasteiger partial charge in [-0.05, 0) is 30.4 Å². The molecule has 7 nitrogen and oxygen atoms in total. The van der Waals surface area contributed by atoms with E-state index < -0.39 is 29.7 Å². The highest BCUT2D eigenvalue weighted by Gasteiger charge is 2.69. The molecular weight excluding hydrogens is 487 g/mol. The second-order valence-electron chi connectivity index (χ2n) is 9.01. The van der Waals surface area contributed by atoms with Crippen LogP contribution in [0.15, 0.2) is 18.5 Å². The fraction of sp³-hybridized carbons (Fsp3) is 0.650. The van der Waals surface area contributed by atoms with Crippen LogP contribution in [0.1, 0.15) is 43.0 Å². The summed E-state index contributed by atoms with van der Waals surface area (Å²) < 4.78 is 55.9. The lowest BCUT2D eigenvalue weighted by Crippen LogP contribution is -2.40. The first-order chi connectivity index (χ1) is 14.6. The predicted molar refractivity (Wildman–Crippen MR) is 117 cm³/mol. The summed E-state index contributed by atoms with van der Waals surface area (Å²) in [6.45, 7) is 0.116. The Kier molecular flexibility index (Phi) is 7.08. The highest BCUT2D eigenvalue weighted by molar-refractivity contribution is 5.85. The van der Waals surface area contributed by atoms with Gasteiger partial charge in [0, 0.05) is 32.5 Å². The smallest absolute Gasteiger partial charge is 0.317 e. The summed E-state index contributed by atoms with van der Waals surface area (Å²) in [6.07, 6.45) is 3.60. The number of carbonyl (C=O) groups is 1. The summed E-state index contributed by atoms with van der Waals surface area (Å²) in [7, 11) is 0. The Morgan fingerprint density at radius 1 is 1.18 bits per heavy atom. The van der Waals surface area contributed by atoms with Crippen molar-refractivity contribution in [1.82, 2.24) is 24.8 Å². The number of alkyl halides is 4. The first kappa shape index (κ1) is 25.8. The number of nitrogens with one attached hydrogen (secondary N) is 1. The van der Waals surface area contributed by atoms with Crippen LogP contribution in [0.5, 0.6) is 0 Å². The molecule has 3 fully saturated rings. The third-order valence-electron chi connectivity index (χ3n) is 6.92. The summed E-state index contributed by atoms with van der Waals surface area (Å²) in [5.74, 6) is -7.03. The van der Waals surface area contributed by atoms with Crippen LogP contribution in [0.3, 0.4) is 0 Å². The van der Waals surface area contributed by atoms with E-state index in [1.165, 1.54) is 4.90 Å². The molecule has 2 saturated carbocycles. The van der Waals surface area contributed by atoms with Crippen LogP contribution in [0.2, 0.25) is 0 Å². The second kappa shape index (κ2) is 9.07. The monoisotopic (exact) mass is 512 g/mol. The Balaban J connectivity index is 0.00000153. The summed E-state index contributed by atoms with van der Waals surface area (Å²) in [6, 6.07) is 0.897. The van der Waals surface area contributed by atoms with Gasteiger partial charge in [-0.25, -0.2) is 31.9 Å². The minimum atomic E-state index is -2.73. The average Bonchev–Trinajstić information content (AvgIpc) is 3.06. The van der Waals surface area contributed by atoms with E-state index in [-0.39, 0.29) is 69.2 Å². The highest BCUT2D eigenvalue weighted by Crippen LogP contribution is 2.55. The third-order valence-corrected chi connectivity index (χ3v) is 6.92. The van der Waals surface area contributed by atoms with Gasteiger partial charge in [0.1, 0.15) is 0 Å². The number of nitrogens with two attached hydrogens (primary N) is 1. The van der Waals surface area contributed by atoms with Crippen LogP contribution in [0.25, 0.3) is 5.65 Å². The number of urea groups is 1. The molecule has 13 heteroatoms. The van der Waals surface area contributed by atoms with Crippen LogP contribution in [0.4, 0.5) is 22.4 Å². The Bertz CT molecular complexity index is 1010. The molecule has 3 aliphatic rings. The van der Waals surface area contributed by atoms with Crippen LogP contribution in [-0.2, 0) is 6.54 Å². The van der Waals surface area contributed by atoms with Gasteiger partial charge in [-0.3, -0.25) is 0 Å². The van der Waals surface area contributed by atoms with Crippen molar-refractivity contribution in [1.29, 1.82) is 0 Å². The summed E-state index contributed by atoms with van der Waals surface area (Å²) >= 11 is 0. The lowest BCUT2D eigenvalue weighted by molar-refractivity contribution is -0.0484. The molecule has 2 aromatic rings. The molecule has 2 amide bonds. The second-order valence-corrected chi connectivity index (χ2v) is 9.01. The number of fused-ring (bicyclic) bond motifs is 2. The maximum Gasteiger partial charge on any atom is 0.317 e.